The summed E-state index contributed by atoms with van der Waals surface area (Å²) in [4.78, 5) is 23.5. The van der Waals surface area contributed by atoms with E-state index in [1.54, 1.807) is 13.1 Å². The van der Waals surface area contributed by atoms with Gasteiger partial charge in [0.15, 0.2) is 5.58 Å². The molecule has 0 bridgehead atoms. The van der Waals surface area contributed by atoms with Crippen molar-refractivity contribution in [3.8, 4) is 0 Å². The molecule has 1 amide bonds. The number of carbonyl (C=O) groups excluding carboxylic acids is 1. The lowest BCUT2D eigenvalue weighted by Gasteiger charge is -2.07. The average molecular weight is 345 g/mol. The molecule has 1 N–H and O–H groups in total. The van der Waals surface area contributed by atoms with Crippen LogP contribution >= 0.6 is 11.6 Å². The van der Waals surface area contributed by atoms with E-state index >= 15 is 0 Å². The van der Waals surface area contributed by atoms with E-state index in [0.717, 1.165) is 16.6 Å². The summed E-state index contributed by atoms with van der Waals surface area (Å²) in [5.74, 6) is -0.453. The fourth-order valence-corrected chi connectivity index (χ4v) is 2.76. The number of carbonyl (C=O) groups is 1. The van der Waals surface area contributed by atoms with E-state index in [9.17, 15) is 9.59 Å². The van der Waals surface area contributed by atoms with Gasteiger partial charge in [-0.25, -0.2) is 4.79 Å². The number of nitrogens with zero attached hydrogens (tertiary/aromatic N) is 1. The van der Waals surface area contributed by atoms with E-state index in [0.29, 0.717) is 23.6 Å². The first-order valence-corrected chi connectivity index (χ1v) is 8.01. The highest BCUT2D eigenvalue weighted by Crippen LogP contribution is 2.16. The summed E-state index contributed by atoms with van der Waals surface area (Å²) in [6.07, 6.45) is 0.912. The van der Waals surface area contributed by atoms with Gasteiger partial charge >= 0.3 is 5.76 Å². The van der Waals surface area contributed by atoms with Gasteiger partial charge in [0.1, 0.15) is 0 Å². The van der Waals surface area contributed by atoms with Crippen LogP contribution in [-0.2, 0) is 24.7 Å². The quantitative estimate of drug-likeness (QED) is 0.774. The fraction of sp³-hybridized carbons (Fsp3) is 0.222. The van der Waals surface area contributed by atoms with Gasteiger partial charge in [-0.3, -0.25) is 9.36 Å². The smallest absolute Gasteiger partial charge is 0.408 e. The molecular formula is C18H17ClN2O3. The molecule has 24 heavy (non-hydrogen) atoms. The summed E-state index contributed by atoms with van der Waals surface area (Å²) < 4.78 is 6.63. The van der Waals surface area contributed by atoms with Crippen molar-refractivity contribution in [1.29, 1.82) is 0 Å². The third-order valence-corrected chi connectivity index (χ3v) is 4.27. The number of amides is 1. The van der Waals surface area contributed by atoms with Crippen LogP contribution in [0.1, 0.15) is 11.1 Å². The average Bonchev–Trinajstić information content (AvgIpc) is 2.84. The number of fused-ring (bicyclic) bond motifs is 1. The second-order valence-corrected chi connectivity index (χ2v) is 6.00. The predicted molar refractivity (Wildman–Crippen MR) is 93.3 cm³/mol. The molecule has 6 heteroatoms. The maximum Gasteiger partial charge on any atom is 0.419 e. The van der Waals surface area contributed by atoms with E-state index in [-0.39, 0.29) is 18.1 Å². The summed E-state index contributed by atoms with van der Waals surface area (Å²) in [5.41, 5.74) is 3.12. The lowest BCUT2D eigenvalue weighted by atomic mass is 10.1. The van der Waals surface area contributed by atoms with E-state index in [2.05, 4.69) is 5.32 Å². The molecule has 0 unspecified atom stereocenters. The highest BCUT2D eigenvalue weighted by molar-refractivity contribution is 6.31. The Hall–Kier alpha value is -2.53. The van der Waals surface area contributed by atoms with E-state index < -0.39 is 0 Å². The molecule has 0 aliphatic carbocycles. The van der Waals surface area contributed by atoms with Crippen LogP contribution < -0.4 is 11.1 Å². The van der Waals surface area contributed by atoms with Gasteiger partial charge in [0.2, 0.25) is 5.91 Å². The van der Waals surface area contributed by atoms with E-state index in [1.807, 2.05) is 36.4 Å². The molecule has 2 aromatic carbocycles. The lowest BCUT2D eigenvalue weighted by Crippen LogP contribution is -2.27. The number of hydrogen-bond acceptors (Lipinski definition) is 3. The Balaban J connectivity index is 1.57. The summed E-state index contributed by atoms with van der Waals surface area (Å²) in [6.45, 7) is 0.506. The minimum atomic E-state index is -0.379. The van der Waals surface area contributed by atoms with Gasteiger partial charge in [0.05, 0.1) is 11.9 Å². The molecule has 3 rings (SSSR count). The number of nitrogens with one attached hydrogen (secondary N) is 1. The first-order valence-electron chi connectivity index (χ1n) is 7.63. The van der Waals surface area contributed by atoms with Crippen LogP contribution in [0.25, 0.3) is 11.1 Å². The summed E-state index contributed by atoms with van der Waals surface area (Å²) >= 11 is 6.05. The molecule has 3 aromatic rings. The summed E-state index contributed by atoms with van der Waals surface area (Å²) in [6, 6.07) is 12.9. The molecule has 0 fully saturated rings. The highest BCUT2D eigenvalue weighted by Gasteiger charge is 2.08. The topological polar surface area (TPSA) is 64.2 Å². The summed E-state index contributed by atoms with van der Waals surface area (Å²) in [5, 5.41) is 3.47. The predicted octanol–water partition coefficient (Wildman–Crippen LogP) is 2.69. The molecule has 0 radical (unpaired) electrons. The van der Waals surface area contributed by atoms with Crippen LogP contribution in [0.5, 0.6) is 0 Å². The van der Waals surface area contributed by atoms with Crippen LogP contribution in [0, 0.1) is 0 Å². The number of halogens is 1. The van der Waals surface area contributed by atoms with Crippen LogP contribution in [0.2, 0.25) is 5.02 Å². The van der Waals surface area contributed by atoms with Crippen molar-refractivity contribution in [3.63, 3.8) is 0 Å². The van der Waals surface area contributed by atoms with Crippen molar-refractivity contribution in [1.82, 2.24) is 9.88 Å². The number of aromatic nitrogens is 1. The Morgan fingerprint density at radius 3 is 2.83 bits per heavy atom. The third-order valence-electron chi connectivity index (χ3n) is 3.90. The number of benzene rings is 2. The Labute approximate surface area is 143 Å². The standard InChI is InChI=1S/C18H17ClN2O3/c1-21-15-7-6-12(10-16(15)24-18(21)23)8-9-20-17(22)11-13-4-2-3-5-14(13)19/h2-7,10H,8-9,11H2,1H3,(H,20,22). The Bertz CT molecular complexity index is 943. The second-order valence-electron chi connectivity index (χ2n) is 5.60. The van der Waals surface area contributed by atoms with Gasteiger partial charge in [-0.05, 0) is 35.7 Å². The van der Waals surface area contributed by atoms with Gasteiger partial charge in [-0.15, -0.1) is 0 Å². The zero-order valence-corrected chi connectivity index (χ0v) is 14.0. The number of oxazole rings is 1. The van der Waals surface area contributed by atoms with E-state index in [1.165, 1.54) is 4.57 Å². The van der Waals surface area contributed by atoms with Gasteiger partial charge in [-0.1, -0.05) is 35.9 Å². The zero-order valence-electron chi connectivity index (χ0n) is 13.2. The normalized spacial score (nSPS) is 10.9. The van der Waals surface area contributed by atoms with E-state index in [4.69, 9.17) is 16.0 Å². The monoisotopic (exact) mass is 344 g/mol. The molecule has 0 atom stereocenters. The van der Waals surface area contributed by atoms with Gasteiger partial charge in [-0.2, -0.15) is 0 Å². The fourth-order valence-electron chi connectivity index (χ4n) is 2.56. The largest absolute Gasteiger partial charge is 0.419 e. The third kappa shape index (κ3) is 3.51. The van der Waals surface area contributed by atoms with Crippen molar-refractivity contribution in [2.45, 2.75) is 12.8 Å². The van der Waals surface area contributed by atoms with Crippen molar-refractivity contribution in [2.24, 2.45) is 7.05 Å². The molecule has 124 valence electrons. The zero-order chi connectivity index (χ0) is 17.1. The molecule has 0 saturated carbocycles. The van der Waals surface area contributed by atoms with Crippen molar-refractivity contribution >= 4 is 28.6 Å². The van der Waals surface area contributed by atoms with Gasteiger partial charge in [0.25, 0.3) is 0 Å². The molecule has 1 aromatic heterocycles. The Morgan fingerprint density at radius 2 is 2.04 bits per heavy atom. The number of rotatable bonds is 5. The van der Waals surface area contributed by atoms with Gasteiger partial charge < -0.3 is 9.73 Å². The number of aryl methyl sites for hydroxylation is 1. The molecule has 0 spiro atoms. The lowest BCUT2D eigenvalue weighted by molar-refractivity contribution is -0.120. The first-order chi connectivity index (χ1) is 11.5. The van der Waals surface area contributed by atoms with Crippen LogP contribution in [0.3, 0.4) is 0 Å². The number of hydrogen-bond donors (Lipinski definition) is 1. The van der Waals surface area contributed by atoms with Crippen LogP contribution in [-0.4, -0.2) is 17.0 Å². The maximum atomic E-state index is 12.0. The molecule has 0 aliphatic heterocycles. The van der Waals surface area contributed by atoms with Crippen LogP contribution in [0.4, 0.5) is 0 Å². The maximum absolute atomic E-state index is 12.0. The first kappa shape index (κ1) is 16.3. The minimum absolute atomic E-state index is 0.0737. The Morgan fingerprint density at radius 1 is 1.25 bits per heavy atom. The summed E-state index contributed by atoms with van der Waals surface area (Å²) in [7, 11) is 1.67. The molecular weight excluding hydrogens is 328 g/mol. The van der Waals surface area contributed by atoms with Crippen molar-refractivity contribution < 1.29 is 9.21 Å². The van der Waals surface area contributed by atoms with Crippen molar-refractivity contribution in [2.75, 3.05) is 6.54 Å². The highest BCUT2D eigenvalue weighted by atomic mass is 35.5. The minimum Gasteiger partial charge on any atom is -0.408 e. The van der Waals surface area contributed by atoms with Gasteiger partial charge in [0, 0.05) is 18.6 Å². The van der Waals surface area contributed by atoms with Crippen LogP contribution in [0.15, 0.2) is 51.7 Å². The molecule has 5 nitrogen and oxygen atoms in total. The molecule has 0 saturated heterocycles. The van der Waals surface area contributed by atoms with Crippen molar-refractivity contribution in [3.05, 3.63) is 69.2 Å². The second kappa shape index (κ2) is 6.93. The SMILES string of the molecule is Cn1c(=O)oc2cc(CCNC(=O)Cc3ccccc3Cl)ccc21. The molecule has 0 aliphatic rings. The Kier molecular flexibility index (Phi) is 4.71. The molecule has 1 heterocycles.